The van der Waals surface area contributed by atoms with Gasteiger partial charge in [-0.25, -0.2) is 9.59 Å². The van der Waals surface area contributed by atoms with E-state index in [1.165, 1.54) is 16.7 Å². The molecule has 1 N–H and O–H groups in total. The highest BCUT2D eigenvalue weighted by atomic mass is 35.6. The van der Waals surface area contributed by atoms with Gasteiger partial charge in [-0.05, 0) is 45.7 Å². The number of nitrogens with zero attached hydrogens (tertiary/aromatic N) is 1. The van der Waals surface area contributed by atoms with Crippen LogP contribution in [0.2, 0.25) is 0 Å². The molecule has 0 radical (unpaired) electrons. The van der Waals surface area contributed by atoms with Crippen LogP contribution in [0, 0.1) is 0 Å². The summed E-state index contributed by atoms with van der Waals surface area (Å²) in [5, 5.41) is 2.77. The SMILES string of the molecule is CCC(CC)N(CC(=O)O[C@@H]1[C@@H](NC(=O)OCC(Cl)(Cl)Cl)[C@H](Sc2ccccc2)O[C@@H]2COC(c3ccccc3)O[C@@H]12)C(=O)OC(C)(C)C. The standard InChI is InChI=1S/C34H43Cl3N2O9S/c1-6-22(7-2)39(32(42)48-33(3,4)5)18-25(40)46-28-26(38-31(41)44-20-34(35,36)37)30(49-23-16-12-9-13-17-23)45-24-19-43-29(47-27(24)28)21-14-10-8-11-15-21/h8-17,22,24,26-30H,6-7,18-20H2,1-5H3,(H,38,41)/t24-,26-,27-,28-,29?,30+/m1/s1. The van der Waals surface area contributed by atoms with Crippen LogP contribution in [0.3, 0.4) is 0 Å². The number of hydrogen-bond acceptors (Lipinski definition) is 10. The van der Waals surface area contributed by atoms with Crippen molar-refractivity contribution >= 4 is 64.7 Å². The Labute approximate surface area is 306 Å². The van der Waals surface area contributed by atoms with Crippen molar-refractivity contribution in [2.24, 2.45) is 0 Å². The fourth-order valence-corrected chi connectivity index (χ4v) is 6.74. The summed E-state index contributed by atoms with van der Waals surface area (Å²) >= 11 is 18.8. The molecular formula is C34H43Cl3N2O9S. The smallest absolute Gasteiger partial charge is 0.411 e. The van der Waals surface area contributed by atoms with Crippen molar-refractivity contribution in [1.29, 1.82) is 0 Å². The number of carbonyl (C=O) groups is 3. The highest BCUT2D eigenvalue weighted by molar-refractivity contribution is 7.99. The molecule has 2 fully saturated rings. The number of nitrogens with one attached hydrogen (secondary N) is 1. The Bertz CT molecular complexity index is 1380. The van der Waals surface area contributed by atoms with Crippen LogP contribution in [0.1, 0.15) is 59.3 Å². The molecule has 2 aliphatic heterocycles. The molecule has 270 valence electrons. The molecule has 2 aromatic rings. The summed E-state index contributed by atoms with van der Waals surface area (Å²) in [4.78, 5) is 42.6. The van der Waals surface area contributed by atoms with Crippen LogP contribution < -0.4 is 5.32 Å². The summed E-state index contributed by atoms with van der Waals surface area (Å²) in [6.45, 7) is 8.27. The Morgan fingerprint density at radius 3 is 2.20 bits per heavy atom. The highest BCUT2D eigenvalue weighted by Gasteiger charge is 2.53. The molecule has 49 heavy (non-hydrogen) atoms. The number of alkyl halides is 3. The van der Waals surface area contributed by atoms with Crippen LogP contribution in [-0.4, -0.2) is 88.0 Å². The van der Waals surface area contributed by atoms with Crippen molar-refractivity contribution in [1.82, 2.24) is 10.2 Å². The summed E-state index contributed by atoms with van der Waals surface area (Å²) in [6.07, 6.45) is -3.96. The lowest BCUT2D eigenvalue weighted by molar-refractivity contribution is -0.308. The number of hydrogen-bond donors (Lipinski definition) is 1. The molecule has 2 amide bonds. The topological polar surface area (TPSA) is 122 Å². The number of esters is 1. The van der Waals surface area contributed by atoms with E-state index in [2.05, 4.69) is 5.32 Å². The number of carbonyl (C=O) groups excluding carboxylic acids is 3. The summed E-state index contributed by atoms with van der Waals surface area (Å²) in [6, 6.07) is 17.3. The molecule has 2 aromatic carbocycles. The summed E-state index contributed by atoms with van der Waals surface area (Å²) < 4.78 is 34.2. The first-order valence-corrected chi connectivity index (χ1v) is 18.1. The third kappa shape index (κ3) is 11.8. The van der Waals surface area contributed by atoms with Gasteiger partial charge in [-0.3, -0.25) is 9.69 Å². The Balaban J connectivity index is 1.68. The molecule has 11 nitrogen and oxygen atoms in total. The molecule has 0 aromatic heterocycles. The molecule has 0 aliphatic carbocycles. The van der Waals surface area contributed by atoms with E-state index in [9.17, 15) is 14.4 Å². The first-order chi connectivity index (χ1) is 23.2. The van der Waals surface area contributed by atoms with Gasteiger partial charge in [0.25, 0.3) is 0 Å². The molecule has 6 atom stereocenters. The zero-order valence-electron chi connectivity index (χ0n) is 28.0. The number of thioether (sulfide) groups is 1. The van der Waals surface area contributed by atoms with Crippen molar-refractivity contribution < 1.29 is 42.8 Å². The van der Waals surface area contributed by atoms with E-state index in [1.54, 1.807) is 20.8 Å². The van der Waals surface area contributed by atoms with Crippen molar-refractivity contribution in [3.05, 3.63) is 66.2 Å². The average Bonchev–Trinajstić information content (AvgIpc) is 3.05. The van der Waals surface area contributed by atoms with Crippen LogP contribution in [0.25, 0.3) is 0 Å². The number of benzene rings is 2. The molecule has 4 rings (SSSR count). The van der Waals surface area contributed by atoms with E-state index >= 15 is 0 Å². The fraction of sp³-hybridized carbons (Fsp3) is 0.559. The molecule has 15 heteroatoms. The van der Waals surface area contributed by atoms with E-state index < -0.39 is 76.8 Å². The Morgan fingerprint density at radius 1 is 0.980 bits per heavy atom. The number of rotatable bonds is 11. The van der Waals surface area contributed by atoms with Gasteiger partial charge in [0.05, 0.1) is 6.61 Å². The van der Waals surface area contributed by atoms with Gasteiger partial charge < -0.3 is 33.7 Å². The van der Waals surface area contributed by atoms with E-state index in [0.29, 0.717) is 12.8 Å². The third-order valence-electron chi connectivity index (χ3n) is 7.64. The van der Waals surface area contributed by atoms with E-state index in [0.717, 1.165) is 10.5 Å². The normalized spacial score (nSPS) is 24.0. The molecule has 1 unspecified atom stereocenters. The lowest BCUT2D eigenvalue weighted by atomic mass is 9.96. The van der Waals surface area contributed by atoms with Crippen LogP contribution in [0.5, 0.6) is 0 Å². The number of halogens is 3. The van der Waals surface area contributed by atoms with Crippen LogP contribution in [0.4, 0.5) is 9.59 Å². The lowest BCUT2D eigenvalue weighted by Crippen LogP contribution is -2.67. The molecule has 0 bridgehead atoms. The van der Waals surface area contributed by atoms with Gasteiger partial charge in [0.15, 0.2) is 12.4 Å². The predicted octanol–water partition coefficient (Wildman–Crippen LogP) is 7.42. The van der Waals surface area contributed by atoms with E-state index in [-0.39, 0.29) is 12.6 Å². The van der Waals surface area contributed by atoms with Crippen LogP contribution >= 0.6 is 46.6 Å². The van der Waals surface area contributed by atoms with Gasteiger partial charge in [0.2, 0.25) is 3.79 Å². The zero-order chi connectivity index (χ0) is 35.8. The molecule has 0 spiro atoms. The minimum Gasteiger partial charge on any atom is -0.456 e. The van der Waals surface area contributed by atoms with Gasteiger partial charge in [-0.1, -0.05) is 109 Å². The quantitative estimate of drug-likeness (QED) is 0.141. The Hall–Kier alpha value is -2.45. The van der Waals surface area contributed by atoms with Crippen molar-refractivity contribution in [3.63, 3.8) is 0 Å². The van der Waals surface area contributed by atoms with Gasteiger partial charge in [-0.2, -0.15) is 0 Å². The van der Waals surface area contributed by atoms with Gasteiger partial charge in [0, 0.05) is 16.5 Å². The molecule has 0 saturated carbocycles. The van der Waals surface area contributed by atoms with Gasteiger partial charge in [-0.15, -0.1) is 0 Å². The number of alkyl carbamates (subject to hydrolysis) is 1. The third-order valence-corrected chi connectivity index (χ3v) is 9.14. The van der Waals surface area contributed by atoms with Crippen molar-refractivity contribution in [3.8, 4) is 0 Å². The maximum atomic E-state index is 13.9. The van der Waals surface area contributed by atoms with Crippen molar-refractivity contribution in [2.75, 3.05) is 19.8 Å². The Morgan fingerprint density at radius 2 is 1.61 bits per heavy atom. The van der Waals surface area contributed by atoms with Crippen LogP contribution in [0.15, 0.2) is 65.6 Å². The molecular weight excluding hydrogens is 719 g/mol. The lowest BCUT2D eigenvalue weighted by Gasteiger charge is -2.49. The largest absolute Gasteiger partial charge is 0.456 e. The van der Waals surface area contributed by atoms with E-state index in [1.807, 2.05) is 74.5 Å². The summed E-state index contributed by atoms with van der Waals surface area (Å²) in [7, 11) is 0. The van der Waals surface area contributed by atoms with Crippen LogP contribution in [-0.2, 0) is 33.2 Å². The van der Waals surface area contributed by atoms with Gasteiger partial charge in [0.1, 0.15) is 42.4 Å². The molecule has 2 aliphatic rings. The first kappa shape index (κ1) is 39.3. The monoisotopic (exact) mass is 760 g/mol. The fourth-order valence-electron chi connectivity index (χ4n) is 5.42. The van der Waals surface area contributed by atoms with Gasteiger partial charge >= 0.3 is 18.2 Å². The van der Waals surface area contributed by atoms with E-state index in [4.69, 9.17) is 63.2 Å². The zero-order valence-corrected chi connectivity index (χ0v) is 31.1. The molecule has 2 saturated heterocycles. The first-order valence-electron chi connectivity index (χ1n) is 16.1. The number of ether oxygens (including phenoxy) is 6. The average molecular weight is 762 g/mol. The second-order valence-electron chi connectivity index (χ2n) is 12.5. The second kappa shape index (κ2) is 17.7. The summed E-state index contributed by atoms with van der Waals surface area (Å²) in [5.74, 6) is -0.736. The predicted molar refractivity (Wildman–Crippen MR) is 187 cm³/mol. The maximum Gasteiger partial charge on any atom is 0.411 e. The second-order valence-corrected chi connectivity index (χ2v) is 16.2. The summed E-state index contributed by atoms with van der Waals surface area (Å²) in [5.41, 5.74) is -0.864. The minimum atomic E-state index is -1.86. The maximum absolute atomic E-state index is 13.9. The minimum absolute atomic E-state index is 0.104. The number of amides is 2. The number of fused-ring (bicyclic) bond motifs is 1. The Kier molecular flexibility index (Phi) is 14.2. The molecule has 2 heterocycles. The highest BCUT2D eigenvalue weighted by Crippen LogP contribution is 2.40. The van der Waals surface area contributed by atoms with Crippen molar-refractivity contribution in [2.45, 2.75) is 104 Å².